The highest BCUT2D eigenvalue weighted by molar-refractivity contribution is 8.14. The van der Waals surface area contributed by atoms with Crippen molar-refractivity contribution in [2.24, 2.45) is 0 Å². The van der Waals surface area contributed by atoms with Crippen LogP contribution in [0.3, 0.4) is 0 Å². The Labute approximate surface area is 85.2 Å². The largest absolute Gasteiger partial charge is 0.476 e. The molecule has 1 fully saturated rings. The van der Waals surface area contributed by atoms with Gasteiger partial charge >= 0.3 is 5.97 Å². The van der Waals surface area contributed by atoms with E-state index >= 15 is 0 Å². The lowest BCUT2D eigenvalue weighted by Gasteiger charge is -2.07. The molecule has 1 rings (SSSR count). The topological polar surface area (TPSA) is 83.5 Å². The van der Waals surface area contributed by atoms with Gasteiger partial charge in [0.15, 0.2) is 0 Å². The second-order valence-corrected chi connectivity index (χ2v) is 4.04. The number of Topliss-reactive ketones (excluding diaryl/α,β-unsaturated/α-hetero) is 1. The lowest BCUT2D eigenvalue weighted by Crippen LogP contribution is -2.34. The van der Waals surface area contributed by atoms with Gasteiger partial charge in [-0.05, 0) is 6.42 Å². The smallest absolute Gasteiger partial charge is 0.372 e. The summed E-state index contributed by atoms with van der Waals surface area (Å²) in [6.45, 7) is 0.252. The van der Waals surface area contributed by atoms with Gasteiger partial charge in [0.25, 0.3) is 0 Å². The maximum Gasteiger partial charge on any atom is 0.372 e. The molecule has 0 saturated carbocycles. The van der Waals surface area contributed by atoms with Crippen LogP contribution in [0.25, 0.3) is 0 Å². The number of carboxylic acids is 1. The molecule has 1 unspecified atom stereocenters. The molecule has 1 aliphatic heterocycles. The maximum atomic E-state index is 11.1. The van der Waals surface area contributed by atoms with E-state index in [9.17, 15) is 14.4 Å². The van der Waals surface area contributed by atoms with Crippen LogP contribution in [0.5, 0.6) is 0 Å². The monoisotopic (exact) mass is 217 g/mol. The summed E-state index contributed by atoms with van der Waals surface area (Å²) in [4.78, 5) is 31.9. The van der Waals surface area contributed by atoms with Crippen molar-refractivity contribution in [1.29, 1.82) is 0 Å². The Morgan fingerprint density at radius 3 is 2.79 bits per heavy atom. The molecule has 1 saturated heterocycles. The molecule has 0 amide bonds. The molecule has 0 bridgehead atoms. The van der Waals surface area contributed by atoms with E-state index in [2.05, 4.69) is 5.32 Å². The van der Waals surface area contributed by atoms with Gasteiger partial charge in [-0.2, -0.15) is 0 Å². The summed E-state index contributed by atoms with van der Waals surface area (Å²) >= 11 is 1.27. The number of carboxylic acid groups (broad SMARTS) is 1. The molecule has 1 atom stereocenters. The van der Waals surface area contributed by atoms with Crippen molar-refractivity contribution >= 4 is 28.6 Å². The number of carbonyl (C=O) groups excluding carboxylic acids is 2. The molecule has 2 N–H and O–H groups in total. The molecule has 1 aliphatic rings. The molecular formula is C8H11NO4S. The van der Waals surface area contributed by atoms with E-state index in [1.165, 1.54) is 11.8 Å². The molecule has 0 aromatic heterocycles. The number of carbonyl (C=O) groups is 3. The van der Waals surface area contributed by atoms with Gasteiger partial charge in [-0.15, -0.1) is 0 Å². The standard InChI is InChI=1S/C8H11NO4S/c10-6(7(11)12)1-3-9-5-2-4-14-8(5)13/h5,9H,1-4H2,(H,11,12). The van der Waals surface area contributed by atoms with Crippen LogP contribution in [0.15, 0.2) is 0 Å². The Bertz CT molecular complexity index is 266. The summed E-state index contributed by atoms with van der Waals surface area (Å²) in [5.74, 6) is -1.45. The van der Waals surface area contributed by atoms with E-state index in [0.717, 1.165) is 12.2 Å². The van der Waals surface area contributed by atoms with Crippen molar-refractivity contribution in [3.63, 3.8) is 0 Å². The summed E-state index contributed by atoms with van der Waals surface area (Å²) in [6, 6.07) is -0.207. The predicted octanol–water partition coefficient (Wildman–Crippen LogP) is -0.348. The molecule has 78 valence electrons. The lowest BCUT2D eigenvalue weighted by molar-refractivity contribution is -0.149. The molecule has 0 radical (unpaired) electrons. The first-order valence-electron chi connectivity index (χ1n) is 4.27. The Morgan fingerprint density at radius 1 is 1.57 bits per heavy atom. The van der Waals surface area contributed by atoms with Crippen LogP contribution in [0, 0.1) is 0 Å². The highest BCUT2D eigenvalue weighted by atomic mass is 32.2. The van der Waals surface area contributed by atoms with Crippen molar-refractivity contribution < 1.29 is 19.5 Å². The Morgan fingerprint density at radius 2 is 2.29 bits per heavy atom. The molecule has 6 heteroatoms. The van der Waals surface area contributed by atoms with Crippen molar-refractivity contribution in [2.45, 2.75) is 18.9 Å². The van der Waals surface area contributed by atoms with E-state index in [1.807, 2.05) is 0 Å². The number of hydrogen-bond donors (Lipinski definition) is 2. The second kappa shape index (κ2) is 5.11. The van der Waals surface area contributed by atoms with Gasteiger partial charge in [0.05, 0.1) is 6.04 Å². The van der Waals surface area contributed by atoms with Gasteiger partial charge in [-0.25, -0.2) is 4.79 Å². The second-order valence-electron chi connectivity index (χ2n) is 2.94. The molecule has 0 spiro atoms. The molecule has 0 aliphatic carbocycles. The normalized spacial score (nSPS) is 21.1. The summed E-state index contributed by atoms with van der Waals surface area (Å²) in [7, 11) is 0. The van der Waals surface area contributed by atoms with Crippen LogP contribution in [-0.4, -0.2) is 40.3 Å². The van der Waals surface area contributed by atoms with Crippen LogP contribution in [-0.2, 0) is 14.4 Å². The zero-order valence-electron chi connectivity index (χ0n) is 7.49. The van der Waals surface area contributed by atoms with Crippen molar-refractivity contribution in [1.82, 2.24) is 5.32 Å². The maximum absolute atomic E-state index is 11.1. The fraction of sp³-hybridized carbons (Fsp3) is 0.625. The summed E-state index contributed by atoms with van der Waals surface area (Å²) < 4.78 is 0. The molecule has 14 heavy (non-hydrogen) atoms. The molecule has 1 heterocycles. The number of thioether (sulfide) groups is 1. The van der Waals surface area contributed by atoms with Crippen LogP contribution in [0.1, 0.15) is 12.8 Å². The van der Waals surface area contributed by atoms with Crippen molar-refractivity contribution in [3.8, 4) is 0 Å². The van der Waals surface area contributed by atoms with Crippen molar-refractivity contribution in [2.75, 3.05) is 12.3 Å². The van der Waals surface area contributed by atoms with Gasteiger partial charge in [0.1, 0.15) is 0 Å². The Hall–Kier alpha value is -0.880. The van der Waals surface area contributed by atoms with Crippen molar-refractivity contribution in [3.05, 3.63) is 0 Å². The summed E-state index contributed by atoms with van der Waals surface area (Å²) in [6.07, 6.45) is 0.689. The van der Waals surface area contributed by atoms with Gasteiger partial charge in [0.2, 0.25) is 10.9 Å². The highest BCUT2D eigenvalue weighted by Crippen LogP contribution is 2.19. The first-order valence-corrected chi connectivity index (χ1v) is 5.26. The quantitative estimate of drug-likeness (QED) is 0.612. The number of ketones is 1. The fourth-order valence-corrected chi connectivity index (χ4v) is 2.11. The SMILES string of the molecule is O=C(O)C(=O)CCNC1CCSC1=O. The number of aliphatic carboxylic acids is 1. The minimum atomic E-state index is -1.42. The summed E-state index contributed by atoms with van der Waals surface area (Å²) in [5.41, 5.74) is 0. The average Bonchev–Trinajstić information content (AvgIpc) is 2.51. The number of nitrogens with one attached hydrogen (secondary N) is 1. The van der Waals surface area contributed by atoms with Gasteiger partial charge in [0, 0.05) is 18.7 Å². The van der Waals surface area contributed by atoms with Gasteiger partial charge < -0.3 is 10.4 Å². The minimum Gasteiger partial charge on any atom is -0.476 e. The number of hydrogen-bond acceptors (Lipinski definition) is 5. The van der Waals surface area contributed by atoms with E-state index < -0.39 is 11.8 Å². The predicted molar refractivity (Wildman–Crippen MR) is 51.1 cm³/mol. The Balaban J connectivity index is 2.18. The molecular weight excluding hydrogens is 206 g/mol. The first-order chi connectivity index (χ1) is 6.61. The third-order valence-electron chi connectivity index (χ3n) is 1.92. The first kappa shape index (κ1) is 11.2. The van der Waals surface area contributed by atoms with Gasteiger partial charge in [-0.1, -0.05) is 11.8 Å². The third kappa shape index (κ3) is 3.12. The van der Waals surface area contributed by atoms with E-state index in [-0.39, 0.29) is 24.1 Å². The van der Waals surface area contributed by atoms with Crippen LogP contribution in [0.2, 0.25) is 0 Å². The van der Waals surface area contributed by atoms with E-state index in [1.54, 1.807) is 0 Å². The number of rotatable bonds is 5. The van der Waals surface area contributed by atoms with E-state index in [0.29, 0.717) is 0 Å². The third-order valence-corrected chi connectivity index (χ3v) is 2.93. The lowest BCUT2D eigenvalue weighted by atomic mass is 10.2. The molecule has 0 aromatic rings. The van der Waals surface area contributed by atoms with Crippen LogP contribution < -0.4 is 5.32 Å². The zero-order chi connectivity index (χ0) is 10.6. The van der Waals surface area contributed by atoms with Crippen LogP contribution >= 0.6 is 11.8 Å². The Kier molecular flexibility index (Phi) is 4.09. The molecule has 5 nitrogen and oxygen atoms in total. The highest BCUT2D eigenvalue weighted by Gasteiger charge is 2.24. The zero-order valence-corrected chi connectivity index (χ0v) is 8.30. The fourth-order valence-electron chi connectivity index (χ4n) is 1.15. The average molecular weight is 217 g/mol. The molecule has 0 aromatic carbocycles. The van der Waals surface area contributed by atoms with E-state index in [4.69, 9.17) is 5.11 Å². The summed E-state index contributed by atoms with van der Waals surface area (Å²) in [5, 5.41) is 11.2. The van der Waals surface area contributed by atoms with Gasteiger partial charge in [-0.3, -0.25) is 9.59 Å². The minimum absolute atomic E-state index is 0.0657. The van der Waals surface area contributed by atoms with Crippen LogP contribution in [0.4, 0.5) is 0 Å².